The normalized spacial score (nSPS) is 12.6. The Morgan fingerprint density at radius 2 is 2.10 bits per heavy atom. The predicted octanol–water partition coefficient (Wildman–Crippen LogP) is 3.71. The summed E-state index contributed by atoms with van der Waals surface area (Å²) in [6.07, 6.45) is 4.62. The molecule has 0 radical (unpaired) electrons. The van der Waals surface area contributed by atoms with Gasteiger partial charge in [0.1, 0.15) is 0 Å². The maximum Gasteiger partial charge on any atom is 0.417 e. The maximum atomic E-state index is 11.3. The summed E-state index contributed by atoms with van der Waals surface area (Å²) in [4.78, 5) is 22.7. The summed E-state index contributed by atoms with van der Waals surface area (Å²) in [5.41, 5.74) is 10.9. The van der Waals surface area contributed by atoms with Gasteiger partial charge in [0.15, 0.2) is 10.7 Å². The molecule has 2 aromatic carbocycles. The van der Waals surface area contributed by atoms with Crippen LogP contribution in [0.5, 0.6) is 0 Å². The molecule has 146 valence electrons. The van der Waals surface area contributed by atoms with E-state index in [4.69, 9.17) is 10.2 Å². The SMILES string of the molecule is N[C@@H](CNc1ncc(-c2ccc3[nH]c(=O)oc3c2)s1)Cc1c[nH]c2ccccc12. The minimum Gasteiger partial charge on any atom is -0.408 e. The Labute approximate surface area is 169 Å². The zero-order valence-electron chi connectivity index (χ0n) is 15.4. The summed E-state index contributed by atoms with van der Waals surface area (Å²) < 4.78 is 5.13. The monoisotopic (exact) mass is 405 g/mol. The number of aromatic amines is 2. The van der Waals surface area contributed by atoms with Gasteiger partial charge in [-0.05, 0) is 35.7 Å². The molecule has 7 nitrogen and oxygen atoms in total. The number of fused-ring (bicyclic) bond motifs is 2. The van der Waals surface area contributed by atoms with Crippen molar-refractivity contribution < 1.29 is 4.42 Å². The van der Waals surface area contributed by atoms with Gasteiger partial charge in [-0.3, -0.25) is 4.98 Å². The molecule has 0 saturated carbocycles. The minimum atomic E-state index is -0.451. The highest BCUT2D eigenvalue weighted by molar-refractivity contribution is 7.18. The summed E-state index contributed by atoms with van der Waals surface area (Å²) in [5.74, 6) is -0.451. The summed E-state index contributed by atoms with van der Waals surface area (Å²) in [6, 6.07) is 13.8. The lowest BCUT2D eigenvalue weighted by Gasteiger charge is -2.11. The van der Waals surface area contributed by atoms with Crippen LogP contribution in [-0.2, 0) is 6.42 Å². The summed E-state index contributed by atoms with van der Waals surface area (Å²) in [5, 5.41) is 5.35. The molecule has 0 aliphatic rings. The van der Waals surface area contributed by atoms with E-state index in [9.17, 15) is 4.79 Å². The van der Waals surface area contributed by atoms with Crippen molar-refractivity contribution in [1.29, 1.82) is 0 Å². The molecule has 0 aliphatic heterocycles. The van der Waals surface area contributed by atoms with Crippen LogP contribution >= 0.6 is 11.3 Å². The maximum absolute atomic E-state index is 11.3. The molecule has 0 saturated heterocycles. The fourth-order valence-electron chi connectivity index (χ4n) is 3.46. The molecule has 5 N–H and O–H groups in total. The number of benzene rings is 2. The lowest BCUT2D eigenvalue weighted by Crippen LogP contribution is -2.31. The van der Waals surface area contributed by atoms with Crippen LogP contribution in [0, 0.1) is 0 Å². The number of H-pyrrole nitrogens is 2. The smallest absolute Gasteiger partial charge is 0.408 e. The molecule has 0 unspecified atom stereocenters. The first-order valence-corrected chi connectivity index (χ1v) is 10.1. The van der Waals surface area contributed by atoms with Gasteiger partial charge >= 0.3 is 5.76 Å². The first kappa shape index (κ1) is 17.7. The Kier molecular flexibility index (Phi) is 4.42. The third-order valence-corrected chi connectivity index (χ3v) is 5.89. The number of thiazole rings is 1. The fourth-order valence-corrected chi connectivity index (χ4v) is 4.28. The number of aromatic nitrogens is 3. The molecule has 5 rings (SSSR count). The second kappa shape index (κ2) is 7.23. The Balaban J connectivity index is 1.25. The standard InChI is InChI=1S/C21H19N5O2S/c22-14(7-13-9-23-16-4-2-1-3-15(13)16)10-24-20-25-11-19(29-20)12-5-6-17-18(8-12)28-21(27)26-17/h1-6,8-9,11,14,23H,7,10,22H2,(H,24,25)(H,26,27)/t14-/m1/s1. The van der Waals surface area contributed by atoms with E-state index < -0.39 is 5.76 Å². The number of nitrogens with zero attached hydrogens (tertiary/aromatic N) is 1. The van der Waals surface area contributed by atoms with Gasteiger partial charge in [-0.15, -0.1) is 0 Å². The number of anilines is 1. The highest BCUT2D eigenvalue weighted by atomic mass is 32.1. The van der Waals surface area contributed by atoms with Gasteiger partial charge in [-0.1, -0.05) is 35.6 Å². The highest BCUT2D eigenvalue weighted by Gasteiger charge is 2.11. The van der Waals surface area contributed by atoms with Crippen molar-refractivity contribution >= 4 is 38.5 Å². The van der Waals surface area contributed by atoms with Crippen molar-refractivity contribution in [3.63, 3.8) is 0 Å². The summed E-state index contributed by atoms with van der Waals surface area (Å²) in [6.45, 7) is 0.623. The molecule has 3 heterocycles. The van der Waals surface area contributed by atoms with Crippen LogP contribution in [0.15, 0.2) is 64.1 Å². The van der Waals surface area contributed by atoms with E-state index in [1.807, 2.05) is 42.7 Å². The van der Waals surface area contributed by atoms with E-state index in [0.29, 0.717) is 17.6 Å². The quantitative estimate of drug-likeness (QED) is 0.344. The first-order chi connectivity index (χ1) is 14.2. The highest BCUT2D eigenvalue weighted by Crippen LogP contribution is 2.30. The zero-order valence-corrected chi connectivity index (χ0v) is 16.3. The molecule has 0 aliphatic carbocycles. The summed E-state index contributed by atoms with van der Waals surface area (Å²) >= 11 is 1.54. The average Bonchev–Trinajstić information content (AvgIpc) is 3.44. The first-order valence-electron chi connectivity index (χ1n) is 9.29. The van der Waals surface area contributed by atoms with Crippen LogP contribution in [0.25, 0.3) is 32.4 Å². The van der Waals surface area contributed by atoms with Gasteiger partial charge in [-0.25, -0.2) is 9.78 Å². The van der Waals surface area contributed by atoms with Crippen molar-refractivity contribution in [2.75, 3.05) is 11.9 Å². The lowest BCUT2D eigenvalue weighted by atomic mass is 10.1. The molecule has 0 fully saturated rings. The molecule has 3 aromatic heterocycles. The Hall–Kier alpha value is -3.36. The van der Waals surface area contributed by atoms with E-state index in [-0.39, 0.29) is 6.04 Å². The van der Waals surface area contributed by atoms with Crippen LogP contribution in [0.2, 0.25) is 0 Å². The largest absolute Gasteiger partial charge is 0.417 e. The van der Waals surface area contributed by atoms with E-state index in [2.05, 4.69) is 32.4 Å². The number of para-hydroxylation sites is 1. The summed E-state index contributed by atoms with van der Waals surface area (Å²) in [7, 11) is 0. The van der Waals surface area contributed by atoms with Gasteiger partial charge in [0, 0.05) is 35.9 Å². The van der Waals surface area contributed by atoms with Gasteiger partial charge in [0.2, 0.25) is 0 Å². The topological polar surface area (TPSA) is 113 Å². The molecule has 5 aromatic rings. The molecule has 1 atom stereocenters. The number of hydrogen-bond acceptors (Lipinski definition) is 6. The van der Waals surface area contributed by atoms with Gasteiger partial charge < -0.3 is 20.5 Å². The number of nitrogens with two attached hydrogens (primary N) is 1. The van der Waals surface area contributed by atoms with Crippen molar-refractivity contribution in [2.45, 2.75) is 12.5 Å². The van der Waals surface area contributed by atoms with Crippen molar-refractivity contribution in [2.24, 2.45) is 5.73 Å². The number of hydrogen-bond donors (Lipinski definition) is 4. The Morgan fingerprint density at radius 1 is 1.21 bits per heavy atom. The molecule has 0 bridgehead atoms. The van der Waals surface area contributed by atoms with Crippen LogP contribution in [0.4, 0.5) is 5.13 Å². The van der Waals surface area contributed by atoms with Crippen molar-refractivity contribution in [3.8, 4) is 10.4 Å². The van der Waals surface area contributed by atoms with Gasteiger partial charge in [0.05, 0.1) is 10.4 Å². The van der Waals surface area contributed by atoms with E-state index in [1.165, 1.54) is 22.3 Å². The number of oxazole rings is 1. The second-order valence-corrected chi connectivity index (χ2v) is 7.99. The number of nitrogens with one attached hydrogen (secondary N) is 3. The third-order valence-electron chi connectivity index (χ3n) is 4.88. The molecule has 0 spiro atoms. The molecule has 8 heteroatoms. The molecule has 0 amide bonds. The predicted molar refractivity (Wildman–Crippen MR) is 116 cm³/mol. The molecular formula is C21H19N5O2S. The van der Waals surface area contributed by atoms with Crippen LogP contribution in [-0.4, -0.2) is 27.5 Å². The van der Waals surface area contributed by atoms with Gasteiger partial charge in [-0.2, -0.15) is 0 Å². The third kappa shape index (κ3) is 3.55. The second-order valence-electron chi connectivity index (χ2n) is 6.96. The van der Waals surface area contributed by atoms with Gasteiger partial charge in [0.25, 0.3) is 0 Å². The molecular weight excluding hydrogens is 386 g/mol. The van der Waals surface area contributed by atoms with Crippen LogP contribution in [0.3, 0.4) is 0 Å². The van der Waals surface area contributed by atoms with E-state index in [0.717, 1.165) is 27.5 Å². The average molecular weight is 405 g/mol. The number of rotatable bonds is 6. The lowest BCUT2D eigenvalue weighted by molar-refractivity contribution is 0.555. The minimum absolute atomic E-state index is 0.0352. The van der Waals surface area contributed by atoms with Crippen molar-refractivity contribution in [3.05, 3.63) is 71.0 Å². The Bertz CT molecular complexity index is 1350. The molecule has 29 heavy (non-hydrogen) atoms. The Morgan fingerprint density at radius 3 is 3.03 bits per heavy atom. The van der Waals surface area contributed by atoms with Crippen molar-refractivity contribution in [1.82, 2.24) is 15.0 Å². The zero-order chi connectivity index (χ0) is 19.8. The van der Waals surface area contributed by atoms with Crippen LogP contribution < -0.4 is 16.8 Å². The van der Waals surface area contributed by atoms with Crippen LogP contribution in [0.1, 0.15) is 5.56 Å². The van der Waals surface area contributed by atoms with E-state index >= 15 is 0 Å². The van der Waals surface area contributed by atoms with E-state index in [1.54, 1.807) is 0 Å². The fraction of sp³-hybridized carbons (Fsp3) is 0.143.